The van der Waals surface area contributed by atoms with Crippen LogP contribution in [0.5, 0.6) is 5.75 Å². The Bertz CT molecular complexity index is 1630. The molecule has 1 aromatic heterocycles. The first-order chi connectivity index (χ1) is 22.0. The Morgan fingerprint density at radius 1 is 1.04 bits per heavy atom. The maximum absolute atomic E-state index is 12.7. The van der Waals surface area contributed by atoms with Crippen LogP contribution in [0.2, 0.25) is 0 Å². The lowest BCUT2D eigenvalue weighted by atomic mass is 9.93. The van der Waals surface area contributed by atoms with Crippen molar-refractivity contribution in [2.24, 2.45) is 0 Å². The normalized spacial score (nSPS) is 16.2. The molecule has 0 fully saturated rings. The quantitative estimate of drug-likeness (QED) is 0.247. The Morgan fingerprint density at radius 3 is 2.57 bits per heavy atom. The maximum atomic E-state index is 12.7. The van der Waals surface area contributed by atoms with Crippen molar-refractivity contribution in [1.82, 2.24) is 9.88 Å². The van der Waals surface area contributed by atoms with Gasteiger partial charge in [0.2, 0.25) is 0 Å². The van der Waals surface area contributed by atoms with Crippen molar-refractivity contribution in [3.05, 3.63) is 88.0 Å². The highest BCUT2D eigenvalue weighted by Crippen LogP contribution is 2.35. The number of anilines is 1. The van der Waals surface area contributed by atoms with Crippen molar-refractivity contribution in [1.29, 1.82) is 0 Å². The van der Waals surface area contributed by atoms with E-state index in [9.17, 15) is 9.59 Å². The number of carbonyl (C=O) groups is 2. The monoisotopic (exact) mass is 627 g/mol. The average Bonchev–Trinajstić information content (AvgIpc) is 3.45. The molecular weight excluding hydrogens is 582 g/mol. The number of ether oxygens (including phenoxy) is 4. The van der Waals surface area contributed by atoms with Crippen LogP contribution in [0.25, 0.3) is 11.3 Å². The molecule has 9 heteroatoms. The third kappa shape index (κ3) is 7.36. The summed E-state index contributed by atoms with van der Waals surface area (Å²) in [5.41, 5.74) is 7.37. The maximum Gasteiger partial charge on any atom is 0.410 e. The number of methoxy groups -OCH3 is 1. The van der Waals surface area contributed by atoms with E-state index < -0.39 is 5.60 Å². The van der Waals surface area contributed by atoms with Gasteiger partial charge >= 0.3 is 12.1 Å². The topological polar surface area (TPSA) is 90.4 Å². The fourth-order valence-corrected chi connectivity index (χ4v) is 6.07. The number of amides is 1. The lowest BCUT2D eigenvalue weighted by Crippen LogP contribution is -2.40. The summed E-state index contributed by atoms with van der Waals surface area (Å²) in [7, 11) is 1.40. The molecule has 3 aromatic rings. The molecule has 2 aromatic carbocycles. The van der Waals surface area contributed by atoms with Crippen LogP contribution in [0.3, 0.4) is 0 Å². The van der Waals surface area contributed by atoms with Crippen molar-refractivity contribution < 1.29 is 28.5 Å². The van der Waals surface area contributed by atoms with E-state index in [4.69, 9.17) is 23.9 Å². The predicted molar refractivity (Wildman–Crippen MR) is 178 cm³/mol. The summed E-state index contributed by atoms with van der Waals surface area (Å²) in [6.07, 6.45) is 2.38. The molecule has 9 nitrogen and oxygen atoms in total. The molecule has 244 valence electrons. The van der Waals surface area contributed by atoms with Gasteiger partial charge in [-0.2, -0.15) is 0 Å². The Balaban J connectivity index is 1.35. The number of aromatic nitrogens is 1. The number of benzene rings is 2. The lowest BCUT2D eigenvalue weighted by Gasteiger charge is -2.32. The van der Waals surface area contributed by atoms with Crippen LogP contribution < -0.4 is 9.64 Å². The van der Waals surface area contributed by atoms with Gasteiger partial charge in [-0.25, -0.2) is 14.6 Å². The van der Waals surface area contributed by atoms with E-state index in [-0.39, 0.29) is 18.1 Å². The molecule has 0 unspecified atom stereocenters. The molecule has 2 aliphatic heterocycles. The molecule has 2 aliphatic rings. The third-order valence-corrected chi connectivity index (χ3v) is 8.32. The van der Waals surface area contributed by atoms with Gasteiger partial charge in [-0.05, 0) is 94.0 Å². The largest absolute Gasteiger partial charge is 0.488 e. The highest BCUT2D eigenvalue weighted by atomic mass is 16.6. The highest BCUT2D eigenvalue weighted by Gasteiger charge is 2.33. The number of hydrogen-bond donors (Lipinski definition) is 0. The zero-order chi connectivity index (χ0) is 33.0. The van der Waals surface area contributed by atoms with Crippen molar-refractivity contribution in [3.8, 4) is 17.0 Å². The molecule has 0 N–H and O–H groups in total. The Hall–Kier alpha value is -4.37. The van der Waals surface area contributed by atoms with Crippen LogP contribution in [0.1, 0.15) is 55.5 Å². The average molecular weight is 628 g/mol. The fourth-order valence-electron chi connectivity index (χ4n) is 6.07. The molecule has 0 saturated carbocycles. The second-order valence-electron chi connectivity index (χ2n) is 12.8. The van der Waals surface area contributed by atoms with E-state index in [2.05, 4.69) is 24.0 Å². The first-order valence-electron chi connectivity index (χ1n) is 15.9. The molecule has 3 heterocycles. The van der Waals surface area contributed by atoms with E-state index in [0.29, 0.717) is 45.0 Å². The number of nitrogens with zero attached hydrogens (tertiary/aromatic N) is 3. The van der Waals surface area contributed by atoms with E-state index in [1.54, 1.807) is 4.90 Å². The van der Waals surface area contributed by atoms with E-state index >= 15 is 0 Å². The first kappa shape index (κ1) is 33.0. The van der Waals surface area contributed by atoms with Gasteiger partial charge in [-0.15, -0.1) is 0 Å². The van der Waals surface area contributed by atoms with Crippen molar-refractivity contribution >= 4 is 17.9 Å². The number of pyridine rings is 1. The number of aryl methyl sites for hydroxylation is 2. The summed E-state index contributed by atoms with van der Waals surface area (Å²) >= 11 is 0. The minimum atomic E-state index is -0.524. The first-order valence-corrected chi connectivity index (χ1v) is 15.9. The van der Waals surface area contributed by atoms with Crippen molar-refractivity contribution in [2.45, 2.75) is 72.8 Å². The second kappa shape index (κ2) is 14.0. The summed E-state index contributed by atoms with van der Waals surface area (Å²) in [5, 5.41) is 0. The Labute approximate surface area is 272 Å². The zero-order valence-corrected chi connectivity index (χ0v) is 28.0. The number of esters is 1. The van der Waals surface area contributed by atoms with Gasteiger partial charge in [0.15, 0.2) is 0 Å². The van der Waals surface area contributed by atoms with Crippen LogP contribution in [0.15, 0.2) is 60.2 Å². The van der Waals surface area contributed by atoms with Crippen LogP contribution in [0, 0.1) is 13.8 Å². The van der Waals surface area contributed by atoms with Crippen LogP contribution >= 0.6 is 0 Å². The lowest BCUT2D eigenvalue weighted by molar-refractivity contribution is -0.136. The van der Waals surface area contributed by atoms with Gasteiger partial charge in [-0.3, -0.25) is 0 Å². The van der Waals surface area contributed by atoms with E-state index in [1.165, 1.54) is 18.2 Å². The molecule has 0 aliphatic carbocycles. The summed E-state index contributed by atoms with van der Waals surface area (Å²) in [5.74, 6) is 1.17. The summed E-state index contributed by atoms with van der Waals surface area (Å²) in [4.78, 5) is 34.1. The van der Waals surface area contributed by atoms with Gasteiger partial charge in [-0.1, -0.05) is 36.4 Å². The van der Waals surface area contributed by atoms with Gasteiger partial charge in [0.1, 0.15) is 23.8 Å². The Morgan fingerprint density at radius 2 is 1.83 bits per heavy atom. The van der Waals surface area contributed by atoms with Crippen LogP contribution in [-0.4, -0.2) is 67.0 Å². The SMILES string of the molecule is CCOC[C@H]1C(C(=O)OC)=CCN1c1cccc(-c2cccc(C)c2OCc2cc(C)c3c(c2)CCN(C(=O)OC(C)(C)C)C3)n1. The highest BCUT2D eigenvalue weighted by molar-refractivity contribution is 5.92. The standard InChI is InChI=1S/C37H45N3O6/c1-8-44-23-32-29(35(41)43-7)16-18-40(32)33-14-10-13-31(38-33)28-12-9-11-24(2)34(28)45-22-26-19-25(3)30-21-39(17-15-27(30)20-26)36(42)46-37(4,5)6/h9-14,16,19-20,32H,8,15,17-18,21-23H2,1-7H3/t32-/m0/s1. The number of hydrogen-bond acceptors (Lipinski definition) is 8. The molecule has 5 rings (SSSR count). The van der Waals surface area contributed by atoms with E-state index in [0.717, 1.165) is 45.9 Å². The number of para-hydroxylation sites is 1. The van der Waals surface area contributed by atoms with Crippen molar-refractivity contribution in [2.75, 3.05) is 38.3 Å². The molecule has 0 bridgehead atoms. The minimum absolute atomic E-state index is 0.274. The molecule has 1 amide bonds. The van der Waals surface area contributed by atoms with Crippen molar-refractivity contribution in [3.63, 3.8) is 0 Å². The predicted octanol–water partition coefficient (Wildman–Crippen LogP) is 6.56. The number of fused-ring (bicyclic) bond motifs is 1. The molecule has 0 saturated heterocycles. The third-order valence-electron chi connectivity index (χ3n) is 8.32. The number of rotatable bonds is 9. The minimum Gasteiger partial charge on any atom is -0.488 e. The molecular formula is C37H45N3O6. The molecule has 1 atom stereocenters. The summed E-state index contributed by atoms with van der Waals surface area (Å²) < 4.78 is 22.9. The van der Waals surface area contributed by atoms with E-state index in [1.807, 2.05) is 77.1 Å². The van der Waals surface area contributed by atoms with Crippen LogP contribution in [-0.2, 0) is 38.6 Å². The summed E-state index contributed by atoms with van der Waals surface area (Å²) in [6.45, 7) is 14.7. The molecule has 0 radical (unpaired) electrons. The van der Waals surface area contributed by atoms with Gasteiger partial charge in [0.25, 0.3) is 0 Å². The Kier molecular flexibility index (Phi) is 10.0. The molecule has 0 spiro atoms. The second-order valence-corrected chi connectivity index (χ2v) is 12.8. The molecule has 46 heavy (non-hydrogen) atoms. The summed E-state index contributed by atoms with van der Waals surface area (Å²) in [6, 6.07) is 16.0. The van der Waals surface area contributed by atoms with Gasteiger partial charge < -0.3 is 28.7 Å². The zero-order valence-electron chi connectivity index (χ0n) is 28.0. The van der Waals surface area contributed by atoms with Gasteiger partial charge in [0, 0.05) is 31.8 Å². The number of carbonyl (C=O) groups excluding carboxylic acids is 2. The van der Waals surface area contributed by atoms with Gasteiger partial charge in [0.05, 0.1) is 31.0 Å². The van der Waals surface area contributed by atoms with Crippen LogP contribution in [0.4, 0.5) is 10.6 Å². The fraction of sp³-hybridized carbons (Fsp3) is 0.432. The smallest absolute Gasteiger partial charge is 0.410 e.